The molecule has 38 heavy (non-hydrogen) atoms. The van der Waals surface area contributed by atoms with Crippen molar-refractivity contribution >= 4 is 51.9 Å². The predicted molar refractivity (Wildman–Crippen MR) is 163 cm³/mol. The number of hydrogen-bond acceptors (Lipinski definition) is 3. The monoisotopic (exact) mass is 761 g/mol. The maximum atomic E-state index is 10.0. The number of rotatable bonds is 3. The number of benzene rings is 3. The minimum absolute atomic E-state index is 0. The van der Waals surface area contributed by atoms with E-state index < -0.39 is 21.3 Å². The third-order valence-corrected chi connectivity index (χ3v) is 16.5. The third-order valence-electron chi connectivity index (χ3n) is 7.07. The molecule has 0 fully saturated rings. The Bertz CT molecular complexity index is 1550. The van der Waals surface area contributed by atoms with E-state index in [-0.39, 0.29) is 31.6 Å². The SMILES string of the molecule is CC(=O)/C=C(/C)O.Cc1cc(-c2nccc3[c]2[Ge]([CH3])([CH3])[c]2cc([Si](C)(C)C)ccc2-3)[c-]c2ccccc12.[Ir]. The summed E-state index contributed by atoms with van der Waals surface area (Å²) in [5.74, 6) is 5.02. The van der Waals surface area contributed by atoms with Crippen molar-refractivity contribution in [2.45, 2.75) is 51.9 Å². The third kappa shape index (κ3) is 5.96. The summed E-state index contributed by atoms with van der Waals surface area (Å²) in [4.78, 5) is 15.0. The summed E-state index contributed by atoms with van der Waals surface area (Å²) in [5.41, 5.74) is 6.43. The van der Waals surface area contributed by atoms with E-state index in [1.165, 1.54) is 51.8 Å². The fourth-order valence-electron chi connectivity index (χ4n) is 5.25. The minimum atomic E-state index is -2.49. The van der Waals surface area contributed by atoms with E-state index in [1.54, 1.807) is 9.58 Å². The standard InChI is InChI=1S/C27H28GeNSi.C5H8O2.Ir/c1-18-15-20(16-19-9-7-8-10-22(18)19)27-26-24(13-14-29-27)23-12-11-21(30(4,5)6)17-25(23)28(26,2)3;1-4(6)3-5(2)7;/h7-15,17H,1-6H3;3,6H,1-2H3;/q-1;;/b;4-3-;. The molecule has 0 saturated carbocycles. The Morgan fingerprint density at radius 1 is 1.00 bits per heavy atom. The molecule has 1 aromatic heterocycles. The molecular formula is C32H36GeIrNO2Si-. The van der Waals surface area contributed by atoms with E-state index in [4.69, 9.17) is 10.1 Å². The molecular weight excluding hydrogens is 723 g/mol. The van der Waals surface area contributed by atoms with Crippen molar-refractivity contribution in [3.63, 3.8) is 0 Å². The molecule has 0 bridgehead atoms. The Morgan fingerprint density at radius 2 is 1.68 bits per heavy atom. The smallest absolute Gasteiger partial charge is 0 e. The number of aromatic nitrogens is 1. The van der Waals surface area contributed by atoms with Crippen molar-refractivity contribution in [3.8, 4) is 22.4 Å². The number of fused-ring (bicyclic) bond motifs is 4. The number of ketones is 1. The Balaban J connectivity index is 0.000000444. The first-order valence-electron chi connectivity index (χ1n) is 12.8. The van der Waals surface area contributed by atoms with Crippen LogP contribution < -0.4 is 14.0 Å². The number of pyridine rings is 1. The molecule has 4 aromatic rings. The van der Waals surface area contributed by atoms with Gasteiger partial charge in [-0.05, 0) is 13.8 Å². The molecule has 0 atom stereocenters. The van der Waals surface area contributed by atoms with Crippen LogP contribution in [0.4, 0.5) is 0 Å². The van der Waals surface area contributed by atoms with Crippen LogP contribution in [-0.4, -0.2) is 37.2 Å². The van der Waals surface area contributed by atoms with Crippen LogP contribution >= 0.6 is 0 Å². The molecule has 0 amide bonds. The first-order chi connectivity index (χ1) is 17.3. The molecule has 3 aromatic carbocycles. The number of allylic oxidation sites excluding steroid dienone is 2. The van der Waals surface area contributed by atoms with Gasteiger partial charge in [0.15, 0.2) is 5.78 Å². The zero-order valence-corrected chi connectivity index (χ0v) is 29.0. The first kappa shape index (κ1) is 30.2. The second-order valence-electron chi connectivity index (χ2n) is 11.5. The van der Waals surface area contributed by atoms with Crippen LogP contribution in [-0.2, 0) is 24.9 Å². The van der Waals surface area contributed by atoms with Gasteiger partial charge in [-0.1, -0.05) is 0 Å². The summed E-state index contributed by atoms with van der Waals surface area (Å²) in [6.45, 7) is 12.4. The molecule has 199 valence electrons. The average Bonchev–Trinajstić information content (AvgIpc) is 3.05. The number of aliphatic hydroxyl groups is 1. The molecule has 0 aliphatic carbocycles. The summed E-state index contributed by atoms with van der Waals surface area (Å²) >= 11 is -2.49. The molecule has 1 N–H and O–H groups in total. The second kappa shape index (κ2) is 11.4. The van der Waals surface area contributed by atoms with Crippen LogP contribution in [0.2, 0.25) is 31.2 Å². The number of aryl methyl sites for hydroxylation is 1. The molecule has 3 nitrogen and oxygen atoms in total. The average molecular weight is 760 g/mol. The van der Waals surface area contributed by atoms with Crippen LogP contribution in [0.15, 0.2) is 72.6 Å². The number of aliphatic hydroxyl groups excluding tert-OH is 1. The van der Waals surface area contributed by atoms with E-state index in [1.807, 2.05) is 6.20 Å². The number of carbonyl (C=O) groups is 1. The van der Waals surface area contributed by atoms with E-state index >= 15 is 0 Å². The Kier molecular flexibility index (Phi) is 9.09. The van der Waals surface area contributed by atoms with Gasteiger partial charge in [-0.25, -0.2) is 0 Å². The summed E-state index contributed by atoms with van der Waals surface area (Å²) in [7, 11) is -1.35. The van der Waals surface area contributed by atoms with Crippen molar-refractivity contribution in [1.29, 1.82) is 0 Å². The van der Waals surface area contributed by atoms with Crippen molar-refractivity contribution in [2.75, 3.05) is 0 Å². The van der Waals surface area contributed by atoms with E-state index in [0.29, 0.717) is 0 Å². The van der Waals surface area contributed by atoms with Crippen LogP contribution in [0.5, 0.6) is 0 Å². The molecule has 2 heterocycles. The van der Waals surface area contributed by atoms with Gasteiger partial charge in [-0.3, -0.25) is 4.79 Å². The van der Waals surface area contributed by atoms with Crippen LogP contribution in [0.25, 0.3) is 33.2 Å². The van der Waals surface area contributed by atoms with Crippen molar-refractivity contribution < 1.29 is 30.0 Å². The quantitative estimate of drug-likeness (QED) is 0.114. The Hall–Kier alpha value is -2.31. The number of hydrogen-bond donors (Lipinski definition) is 1. The molecule has 1 aliphatic rings. The van der Waals surface area contributed by atoms with E-state index in [0.717, 1.165) is 11.3 Å². The summed E-state index contributed by atoms with van der Waals surface area (Å²) in [6, 6.07) is 24.1. The van der Waals surface area contributed by atoms with Gasteiger partial charge in [0.05, 0.1) is 5.76 Å². The zero-order chi connectivity index (χ0) is 27.1. The molecule has 0 unspecified atom stereocenters. The molecule has 1 radical (unpaired) electrons. The Morgan fingerprint density at radius 3 is 2.29 bits per heavy atom. The summed E-state index contributed by atoms with van der Waals surface area (Å²) < 4.78 is 3.14. The van der Waals surface area contributed by atoms with Gasteiger partial charge in [0.25, 0.3) is 0 Å². The summed E-state index contributed by atoms with van der Waals surface area (Å²) in [5, 5.41) is 12.4. The maximum Gasteiger partial charge on any atom is 0 e. The van der Waals surface area contributed by atoms with E-state index in [9.17, 15) is 4.79 Å². The fraction of sp³-hybridized carbons (Fsp3) is 0.250. The number of nitrogens with zero attached hydrogens (tertiary/aromatic N) is 1. The molecule has 0 saturated heterocycles. The van der Waals surface area contributed by atoms with Gasteiger partial charge in [-0.15, -0.1) is 0 Å². The topological polar surface area (TPSA) is 50.2 Å². The van der Waals surface area contributed by atoms with Crippen molar-refractivity contribution in [1.82, 2.24) is 4.98 Å². The molecule has 1 aliphatic heterocycles. The van der Waals surface area contributed by atoms with E-state index in [2.05, 4.69) is 98.7 Å². The summed E-state index contributed by atoms with van der Waals surface area (Å²) in [6.07, 6.45) is 3.16. The first-order valence-corrected chi connectivity index (χ1v) is 22.5. The van der Waals surface area contributed by atoms with Crippen LogP contribution in [0.3, 0.4) is 0 Å². The van der Waals surface area contributed by atoms with Gasteiger partial charge < -0.3 is 5.11 Å². The maximum absolute atomic E-state index is 10.0. The molecule has 0 spiro atoms. The second-order valence-corrected chi connectivity index (χ2v) is 25.6. The van der Waals surface area contributed by atoms with Crippen molar-refractivity contribution in [3.05, 3.63) is 84.3 Å². The largest absolute Gasteiger partial charge is 0 e. The van der Waals surface area contributed by atoms with Gasteiger partial charge in [-0.2, -0.15) is 0 Å². The fourth-order valence-corrected chi connectivity index (χ4v) is 13.8. The van der Waals surface area contributed by atoms with Gasteiger partial charge in [0.1, 0.15) is 0 Å². The predicted octanol–water partition coefficient (Wildman–Crippen LogP) is 6.39. The molecule has 5 rings (SSSR count). The number of carbonyl (C=O) groups excluding carboxylic acids is 1. The minimum Gasteiger partial charge on any atom is 0 e. The zero-order valence-electron chi connectivity index (χ0n) is 23.5. The van der Waals surface area contributed by atoms with Gasteiger partial charge in [0.2, 0.25) is 0 Å². The molecule has 6 heteroatoms. The Labute approximate surface area is 244 Å². The van der Waals surface area contributed by atoms with Crippen molar-refractivity contribution in [2.24, 2.45) is 0 Å². The van der Waals surface area contributed by atoms with Gasteiger partial charge >= 0.3 is 184 Å². The van der Waals surface area contributed by atoms with Crippen LogP contribution in [0.1, 0.15) is 19.4 Å². The van der Waals surface area contributed by atoms with Crippen LogP contribution in [0, 0.1) is 13.0 Å². The normalized spacial score (nSPS) is 13.6. The van der Waals surface area contributed by atoms with Gasteiger partial charge in [0, 0.05) is 26.2 Å².